The number of hydrogen-bond acceptors (Lipinski definition) is 3. The van der Waals surface area contributed by atoms with Gasteiger partial charge in [0, 0.05) is 17.3 Å². The van der Waals surface area contributed by atoms with Crippen LogP contribution in [0.15, 0.2) is 36.4 Å². The van der Waals surface area contributed by atoms with Crippen molar-refractivity contribution >= 4 is 28.9 Å². The van der Waals surface area contributed by atoms with Crippen LogP contribution in [0, 0.1) is 0 Å². The van der Waals surface area contributed by atoms with Crippen molar-refractivity contribution in [3.05, 3.63) is 52.0 Å². The van der Waals surface area contributed by atoms with Crippen molar-refractivity contribution in [2.45, 2.75) is 6.54 Å². The Morgan fingerprint density at radius 2 is 1.65 bits per heavy atom. The second-order valence-electron chi connectivity index (χ2n) is 4.13. The molecule has 1 N–H and O–H groups in total. The van der Waals surface area contributed by atoms with Crippen molar-refractivity contribution in [3.63, 3.8) is 0 Å². The first-order chi connectivity index (χ1) is 9.65. The standard InChI is InChI=1S/C15H15Cl2NO2/c1-19-13-8-3-10(14(17)15(13)20-2)9-18-12-6-4-11(16)5-7-12/h3-8,18H,9H2,1-2H3. The quantitative estimate of drug-likeness (QED) is 0.873. The van der Waals surface area contributed by atoms with Gasteiger partial charge < -0.3 is 14.8 Å². The van der Waals surface area contributed by atoms with Crippen LogP contribution in [-0.2, 0) is 6.54 Å². The van der Waals surface area contributed by atoms with E-state index in [2.05, 4.69) is 5.32 Å². The van der Waals surface area contributed by atoms with Gasteiger partial charge in [0.05, 0.1) is 19.2 Å². The fourth-order valence-corrected chi connectivity index (χ4v) is 2.26. The number of halogens is 2. The zero-order chi connectivity index (χ0) is 14.5. The highest BCUT2D eigenvalue weighted by molar-refractivity contribution is 6.33. The third kappa shape index (κ3) is 3.30. The maximum Gasteiger partial charge on any atom is 0.179 e. The van der Waals surface area contributed by atoms with E-state index >= 15 is 0 Å². The molecule has 0 heterocycles. The molecule has 0 aliphatic heterocycles. The van der Waals surface area contributed by atoms with Gasteiger partial charge in [-0.05, 0) is 35.9 Å². The zero-order valence-corrected chi connectivity index (χ0v) is 12.8. The van der Waals surface area contributed by atoms with Crippen LogP contribution in [0.25, 0.3) is 0 Å². The monoisotopic (exact) mass is 311 g/mol. The molecule has 0 aromatic heterocycles. The molecule has 0 unspecified atom stereocenters. The van der Waals surface area contributed by atoms with Gasteiger partial charge in [-0.25, -0.2) is 0 Å². The number of hydrogen-bond donors (Lipinski definition) is 1. The molecule has 0 fully saturated rings. The highest BCUT2D eigenvalue weighted by Gasteiger charge is 2.12. The largest absolute Gasteiger partial charge is 0.493 e. The van der Waals surface area contributed by atoms with Crippen molar-refractivity contribution in [1.82, 2.24) is 0 Å². The topological polar surface area (TPSA) is 30.5 Å². The molecule has 0 bridgehead atoms. The van der Waals surface area contributed by atoms with Gasteiger partial charge >= 0.3 is 0 Å². The summed E-state index contributed by atoms with van der Waals surface area (Å²) in [5.41, 5.74) is 1.90. The van der Waals surface area contributed by atoms with E-state index in [4.69, 9.17) is 32.7 Å². The van der Waals surface area contributed by atoms with E-state index in [0.717, 1.165) is 11.3 Å². The molecule has 20 heavy (non-hydrogen) atoms. The fraction of sp³-hybridized carbons (Fsp3) is 0.200. The second kappa shape index (κ2) is 6.73. The van der Waals surface area contributed by atoms with Crippen molar-refractivity contribution in [2.24, 2.45) is 0 Å². The van der Waals surface area contributed by atoms with Gasteiger partial charge in [-0.1, -0.05) is 29.3 Å². The molecule has 0 saturated carbocycles. The summed E-state index contributed by atoms with van der Waals surface area (Å²) in [6, 6.07) is 11.2. The van der Waals surface area contributed by atoms with E-state index < -0.39 is 0 Å². The highest BCUT2D eigenvalue weighted by Crippen LogP contribution is 2.37. The summed E-state index contributed by atoms with van der Waals surface area (Å²) < 4.78 is 10.5. The van der Waals surface area contributed by atoms with E-state index in [1.807, 2.05) is 36.4 Å². The summed E-state index contributed by atoms with van der Waals surface area (Å²) in [5.74, 6) is 1.16. The first-order valence-electron chi connectivity index (χ1n) is 6.04. The van der Waals surface area contributed by atoms with E-state index in [9.17, 15) is 0 Å². The predicted octanol–water partition coefficient (Wildman–Crippen LogP) is 4.62. The minimum absolute atomic E-state index is 0.546. The normalized spacial score (nSPS) is 10.2. The lowest BCUT2D eigenvalue weighted by atomic mass is 10.2. The van der Waals surface area contributed by atoms with Gasteiger partial charge in [-0.3, -0.25) is 0 Å². The number of ether oxygens (including phenoxy) is 2. The average Bonchev–Trinajstić information content (AvgIpc) is 2.47. The van der Waals surface area contributed by atoms with Gasteiger partial charge in [-0.2, -0.15) is 0 Å². The van der Waals surface area contributed by atoms with Gasteiger partial charge in [0.15, 0.2) is 11.5 Å². The predicted molar refractivity (Wildman–Crippen MR) is 83.3 cm³/mol. The fourth-order valence-electron chi connectivity index (χ4n) is 1.83. The van der Waals surface area contributed by atoms with Crippen LogP contribution in [0.3, 0.4) is 0 Å². The molecule has 2 aromatic carbocycles. The molecule has 3 nitrogen and oxygen atoms in total. The molecule has 0 spiro atoms. The number of nitrogens with one attached hydrogen (secondary N) is 1. The lowest BCUT2D eigenvalue weighted by molar-refractivity contribution is 0.355. The summed E-state index contributed by atoms with van der Waals surface area (Å²) in [6.45, 7) is 0.584. The Bertz CT molecular complexity index is 585. The Morgan fingerprint density at radius 3 is 2.25 bits per heavy atom. The summed E-state index contributed by atoms with van der Waals surface area (Å²) in [7, 11) is 3.15. The van der Waals surface area contributed by atoms with E-state index in [0.29, 0.717) is 28.1 Å². The van der Waals surface area contributed by atoms with Crippen LogP contribution in [0.5, 0.6) is 11.5 Å². The number of methoxy groups -OCH3 is 2. The average molecular weight is 312 g/mol. The molecule has 0 radical (unpaired) electrons. The van der Waals surface area contributed by atoms with Crippen molar-refractivity contribution < 1.29 is 9.47 Å². The molecular formula is C15H15Cl2NO2. The molecule has 0 aliphatic carbocycles. The number of rotatable bonds is 5. The van der Waals surface area contributed by atoms with Crippen molar-refractivity contribution in [1.29, 1.82) is 0 Å². The van der Waals surface area contributed by atoms with Crippen LogP contribution in [0.4, 0.5) is 5.69 Å². The Balaban J connectivity index is 2.15. The molecule has 0 amide bonds. The van der Waals surface area contributed by atoms with Gasteiger partial charge in [0.1, 0.15) is 0 Å². The summed E-state index contributed by atoms with van der Waals surface area (Å²) in [6.07, 6.45) is 0. The molecule has 0 aliphatic rings. The maximum absolute atomic E-state index is 6.32. The summed E-state index contributed by atoms with van der Waals surface area (Å²) >= 11 is 12.2. The summed E-state index contributed by atoms with van der Waals surface area (Å²) in [5, 5.41) is 4.54. The van der Waals surface area contributed by atoms with Gasteiger partial charge in [-0.15, -0.1) is 0 Å². The SMILES string of the molecule is COc1ccc(CNc2ccc(Cl)cc2)c(Cl)c1OC. The lowest BCUT2D eigenvalue weighted by Crippen LogP contribution is -2.01. The Morgan fingerprint density at radius 1 is 0.950 bits per heavy atom. The van der Waals surface area contributed by atoms with Crippen LogP contribution < -0.4 is 14.8 Å². The minimum atomic E-state index is 0.546. The third-order valence-corrected chi connectivity index (χ3v) is 3.56. The number of anilines is 1. The van der Waals surface area contributed by atoms with Crippen molar-refractivity contribution in [2.75, 3.05) is 19.5 Å². The third-order valence-electron chi connectivity index (χ3n) is 2.89. The van der Waals surface area contributed by atoms with E-state index in [1.54, 1.807) is 14.2 Å². The molecule has 2 aromatic rings. The van der Waals surface area contributed by atoms with E-state index in [1.165, 1.54) is 0 Å². The molecule has 2 rings (SSSR count). The smallest absolute Gasteiger partial charge is 0.179 e. The van der Waals surface area contributed by atoms with Crippen molar-refractivity contribution in [3.8, 4) is 11.5 Å². The van der Waals surface area contributed by atoms with Gasteiger partial charge in [0.25, 0.3) is 0 Å². The molecule has 5 heteroatoms. The van der Waals surface area contributed by atoms with Gasteiger partial charge in [0.2, 0.25) is 0 Å². The Hall–Kier alpha value is -1.58. The first kappa shape index (κ1) is 14.8. The zero-order valence-electron chi connectivity index (χ0n) is 11.2. The van der Waals surface area contributed by atoms with Crippen LogP contribution in [0.1, 0.15) is 5.56 Å². The maximum atomic E-state index is 6.32. The first-order valence-corrected chi connectivity index (χ1v) is 6.80. The molecule has 0 saturated heterocycles. The van der Waals surface area contributed by atoms with Crippen LogP contribution >= 0.6 is 23.2 Å². The van der Waals surface area contributed by atoms with Crippen LogP contribution in [-0.4, -0.2) is 14.2 Å². The number of benzene rings is 2. The minimum Gasteiger partial charge on any atom is -0.493 e. The Labute approximate surface area is 128 Å². The van der Waals surface area contributed by atoms with Crippen LogP contribution in [0.2, 0.25) is 10.0 Å². The lowest BCUT2D eigenvalue weighted by Gasteiger charge is -2.13. The highest BCUT2D eigenvalue weighted by atomic mass is 35.5. The second-order valence-corrected chi connectivity index (χ2v) is 4.95. The molecular weight excluding hydrogens is 297 g/mol. The Kier molecular flexibility index (Phi) is 4.99. The molecule has 106 valence electrons. The van der Waals surface area contributed by atoms with E-state index in [-0.39, 0.29) is 0 Å². The molecule has 0 atom stereocenters. The summed E-state index contributed by atoms with van der Waals surface area (Å²) in [4.78, 5) is 0.